The van der Waals surface area contributed by atoms with Crippen molar-refractivity contribution in [2.45, 2.75) is 25.2 Å². The van der Waals surface area contributed by atoms with Gasteiger partial charge in [0.15, 0.2) is 6.61 Å². The molecule has 1 aromatic rings. The van der Waals surface area contributed by atoms with Gasteiger partial charge in [0.2, 0.25) is 5.88 Å². The van der Waals surface area contributed by atoms with Gasteiger partial charge in [0.05, 0.1) is 19.8 Å². The van der Waals surface area contributed by atoms with Crippen molar-refractivity contribution in [1.82, 2.24) is 20.5 Å². The predicted octanol–water partition coefficient (Wildman–Crippen LogP) is 1.56. The second kappa shape index (κ2) is 10.8. The van der Waals surface area contributed by atoms with E-state index in [1.165, 1.54) is 6.20 Å². The summed E-state index contributed by atoms with van der Waals surface area (Å²) < 4.78 is 52.8. The number of nitrogens with zero attached hydrogens (tertiary/aromatic N) is 2. The number of halogens is 3. The number of amides is 2. The monoisotopic (exact) mass is 432 g/mol. The smallest absolute Gasteiger partial charge is 0.422 e. The molecule has 8 nitrogen and oxygen atoms in total. The SMILES string of the molecule is O=C(NCc1cccnc1OCC(F)(F)F)NCC(C1CCOC1)N1CCOCC1. The first kappa shape index (κ1) is 22.6. The Morgan fingerprint density at radius 2 is 2.07 bits per heavy atom. The number of morpholine rings is 1. The molecule has 168 valence electrons. The van der Waals surface area contributed by atoms with Crippen molar-refractivity contribution >= 4 is 6.03 Å². The van der Waals surface area contributed by atoms with E-state index in [1.807, 2.05) is 0 Å². The Morgan fingerprint density at radius 1 is 1.27 bits per heavy atom. The molecule has 2 aliphatic heterocycles. The molecule has 2 aliphatic rings. The van der Waals surface area contributed by atoms with Gasteiger partial charge in [-0.1, -0.05) is 6.07 Å². The number of carbonyl (C=O) groups is 1. The molecule has 0 spiro atoms. The fraction of sp³-hybridized carbons (Fsp3) is 0.684. The van der Waals surface area contributed by atoms with Gasteiger partial charge >= 0.3 is 12.2 Å². The fourth-order valence-electron chi connectivity index (χ4n) is 3.63. The van der Waals surface area contributed by atoms with Crippen LogP contribution in [0.2, 0.25) is 0 Å². The maximum atomic E-state index is 12.4. The van der Waals surface area contributed by atoms with E-state index in [4.69, 9.17) is 14.2 Å². The van der Waals surface area contributed by atoms with Crippen LogP contribution in [0, 0.1) is 5.92 Å². The minimum atomic E-state index is -4.46. The van der Waals surface area contributed by atoms with E-state index in [2.05, 4.69) is 20.5 Å². The number of urea groups is 1. The lowest BCUT2D eigenvalue weighted by Crippen LogP contribution is -2.53. The summed E-state index contributed by atoms with van der Waals surface area (Å²) in [6.07, 6.45) is -2.18. The maximum Gasteiger partial charge on any atom is 0.422 e. The zero-order valence-corrected chi connectivity index (χ0v) is 16.6. The quantitative estimate of drug-likeness (QED) is 0.649. The van der Waals surface area contributed by atoms with Gasteiger partial charge in [-0.3, -0.25) is 4.90 Å². The highest BCUT2D eigenvalue weighted by Crippen LogP contribution is 2.22. The van der Waals surface area contributed by atoms with Gasteiger partial charge in [0.1, 0.15) is 0 Å². The van der Waals surface area contributed by atoms with E-state index < -0.39 is 18.8 Å². The molecule has 0 aliphatic carbocycles. The van der Waals surface area contributed by atoms with Crippen LogP contribution in [0.25, 0.3) is 0 Å². The lowest BCUT2D eigenvalue weighted by atomic mass is 9.97. The molecule has 0 radical (unpaired) electrons. The van der Waals surface area contributed by atoms with Crippen LogP contribution >= 0.6 is 0 Å². The number of pyridine rings is 1. The number of hydrogen-bond donors (Lipinski definition) is 2. The van der Waals surface area contributed by atoms with Crippen LogP contribution in [0.3, 0.4) is 0 Å². The molecule has 0 saturated carbocycles. The van der Waals surface area contributed by atoms with Crippen LogP contribution in [0.1, 0.15) is 12.0 Å². The van der Waals surface area contributed by atoms with Crippen LogP contribution in [0.5, 0.6) is 5.88 Å². The molecule has 3 heterocycles. The van der Waals surface area contributed by atoms with Gasteiger partial charge < -0.3 is 24.8 Å². The number of ether oxygens (including phenoxy) is 3. The van der Waals surface area contributed by atoms with Crippen molar-refractivity contribution in [2.75, 3.05) is 52.7 Å². The molecule has 2 fully saturated rings. The summed E-state index contributed by atoms with van der Waals surface area (Å²) in [6, 6.07) is 2.87. The third-order valence-electron chi connectivity index (χ3n) is 5.16. The minimum Gasteiger partial charge on any atom is -0.468 e. The molecule has 11 heteroatoms. The van der Waals surface area contributed by atoms with E-state index in [0.717, 1.165) is 26.1 Å². The lowest BCUT2D eigenvalue weighted by molar-refractivity contribution is -0.154. The highest BCUT2D eigenvalue weighted by atomic mass is 19.4. The Bertz CT molecular complexity index is 680. The Kier molecular flexibility index (Phi) is 8.11. The number of hydrogen-bond acceptors (Lipinski definition) is 6. The Labute approximate surface area is 173 Å². The summed E-state index contributed by atoms with van der Waals surface area (Å²) >= 11 is 0. The number of nitrogens with one attached hydrogen (secondary N) is 2. The Hall–Kier alpha value is -2.11. The summed E-state index contributed by atoms with van der Waals surface area (Å²) in [5, 5.41) is 5.53. The summed E-state index contributed by atoms with van der Waals surface area (Å²) in [5.41, 5.74) is 0.367. The van der Waals surface area contributed by atoms with Crippen molar-refractivity contribution < 1.29 is 32.2 Å². The summed E-state index contributed by atoms with van der Waals surface area (Å²) in [5.74, 6) is 0.188. The standard InChI is InChI=1S/C19H27F3N4O4/c20-19(21,22)13-30-17-14(2-1-4-23-17)10-24-18(27)25-11-16(15-3-7-29-12-15)26-5-8-28-9-6-26/h1-2,4,15-16H,3,5-13H2,(H2,24,25,27). The zero-order valence-electron chi connectivity index (χ0n) is 16.6. The van der Waals surface area contributed by atoms with E-state index in [9.17, 15) is 18.0 Å². The highest BCUT2D eigenvalue weighted by molar-refractivity contribution is 5.73. The number of alkyl halides is 3. The van der Waals surface area contributed by atoms with E-state index in [1.54, 1.807) is 12.1 Å². The van der Waals surface area contributed by atoms with Gasteiger partial charge in [-0.2, -0.15) is 13.2 Å². The second-order valence-electron chi connectivity index (χ2n) is 7.27. The van der Waals surface area contributed by atoms with Gasteiger partial charge in [-0.25, -0.2) is 9.78 Å². The lowest BCUT2D eigenvalue weighted by Gasteiger charge is -2.37. The highest BCUT2D eigenvalue weighted by Gasteiger charge is 2.32. The molecule has 2 unspecified atom stereocenters. The van der Waals surface area contributed by atoms with Crippen molar-refractivity contribution in [3.8, 4) is 5.88 Å². The third kappa shape index (κ3) is 6.99. The topological polar surface area (TPSA) is 85.0 Å². The molecule has 0 bridgehead atoms. The van der Waals surface area contributed by atoms with Crippen LogP contribution in [0.15, 0.2) is 18.3 Å². The third-order valence-corrected chi connectivity index (χ3v) is 5.16. The number of carbonyl (C=O) groups excluding carboxylic acids is 1. The van der Waals surface area contributed by atoms with Gasteiger partial charge in [0, 0.05) is 56.5 Å². The second-order valence-corrected chi connectivity index (χ2v) is 7.27. The summed E-state index contributed by atoms with van der Waals surface area (Å²) in [4.78, 5) is 18.4. The largest absolute Gasteiger partial charge is 0.468 e. The van der Waals surface area contributed by atoms with Crippen LogP contribution in [-0.4, -0.2) is 80.8 Å². The number of rotatable bonds is 8. The predicted molar refractivity (Wildman–Crippen MR) is 101 cm³/mol. The first-order valence-electron chi connectivity index (χ1n) is 9.97. The average molecular weight is 432 g/mol. The normalized spacial score (nSPS) is 21.2. The van der Waals surface area contributed by atoms with E-state index >= 15 is 0 Å². The van der Waals surface area contributed by atoms with Crippen molar-refractivity contribution in [3.05, 3.63) is 23.9 Å². The van der Waals surface area contributed by atoms with E-state index in [0.29, 0.717) is 37.8 Å². The minimum absolute atomic E-state index is 0.00161. The molecule has 2 saturated heterocycles. The zero-order chi connectivity index (χ0) is 21.4. The number of aromatic nitrogens is 1. The van der Waals surface area contributed by atoms with Crippen LogP contribution in [0.4, 0.5) is 18.0 Å². The van der Waals surface area contributed by atoms with Crippen molar-refractivity contribution in [2.24, 2.45) is 5.92 Å². The summed E-state index contributed by atoms with van der Waals surface area (Å²) in [6.45, 7) is 3.34. The van der Waals surface area contributed by atoms with Crippen molar-refractivity contribution in [1.29, 1.82) is 0 Å². The van der Waals surface area contributed by atoms with E-state index in [-0.39, 0.29) is 18.5 Å². The molecule has 2 atom stereocenters. The van der Waals surface area contributed by atoms with Crippen LogP contribution < -0.4 is 15.4 Å². The van der Waals surface area contributed by atoms with Crippen LogP contribution in [-0.2, 0) is 16.0 Å². The maximum absolute atomic E-state index is 12.4. The molecule has 3 rings (SSSR count). The van der Waals surface area contributed by atoms with Crippen molar-refractivity contribution in [3.63, 3.8) is 0 Å². The fourth-order valence-corrected chi connectivity index (χ4v) is 3.63. The molecule has 0 aromatic carbocycles. The first-order valence-corrected chi connectivity index (χ1v) is 9.97. The molecular weight excluding hydrogens is 405 g/mol. The Balaban J connectivity index is 1.50. The Morgan fingerprint density at radius 3 is 2.77 bits per heavy atom. The average Bonchev–Trinajstić information content (AvgIpc) is 3.26. The van der Waals surface area contributed by atoms with Gasteiger partial charge in [-0.15, -0.1) is 0 Å². The first-order chi connectivity index (χ1) is 14.4. The molecule has 2 amide bonds. The molecule has 30 heavy (non-hydrogen) atoms. The summed E-state index contributed by atoms with van der Waals surface area (Å²) in [7, 11) is 0. The molecule has 1 aromatic heterocycles. The molecule has 2 N–H and O–H groups in total. The van der Waals surface area contributed by atoms with Gasteiger partial charge in [-0.05, 0) is 12.5 Å². The molecular formula is C19H27F3N4O4. The van der Waals surface area contributed by atoms with Gasteiger partial charge in [0.25, 0.3) is 0 Å².